The van der Waals surface area contributed by atoms with Crippen molar-refractivity contribution in [3.05, 3.63) is 71.3 Å². The molecule has 0 saturated heterocycles. The van der Waals surface area contributed by atoms with E-state index < -0.39 is 6.10 Å². The second-order valence-electron chi connectivity index (χ2n) is 5.99. The van der Waals surface area contributed by atoms with E-state index in [1.54, 1.807) is 0 Å². The maximum Gasteiger partial charge on any atom is 0.315 e. The normalized spacial score (nSPS) is 17.3. The number of hydrogen-bond donors (Lipinski definition) is 3. The van der Waals surface area contributed by atoms with Crippen LogP contribution in [0.5, 0.6) is 0 Å². The van der Waals surface area contributed by atoms with Gasteiger partial charge in [0.2, 0.25) is 0 Å². The summed E-state index contributed by atoms with van der Waals surface area (Å²) in [4.78, 5) is 12.0. The highest BCUT2D eigenvalue weighted by molar-refractivity contribution is 5.74. The lowest BCUT2D eigenvalue weighted by Crippen LogP contribution is -2.41. The quantitative estimate of drug-likeness (QED) is 0.795. The Morgan fingerprint density at radius 3 is 2.70 bits per heavy atom. The van der Waals surface area contributed by atoms with Gasteiger partial charge in [0.05, 0.1) is 12.1 Å². The van der Waals surface area contributed by atoms with Crippen molar-refractivity contribution in [2.45, 2.75) is 31.4 Å². The number of rotatable bonds is 5. The number of aliphatic hydroxyl groups excluding tert-OH is 1. The van der Waals surface area contributed by atoms with Gasteiger partial charge in [-0.2, -0.15) is 0 Å². The highest BCUT2D eigenvalue weighted by Crippen LogP contribution is 2.30. The second kappa shape index (κ2) is 7.29. The maximum atomic E-state index is 12.0. The first-order valence-corrected chi connectivity index (χ1v) is 8.06. The molecule has 23 heavy (non-hydrogen) atoms. The molecule has 120 valence electrons. The highest BCUT2D eigenvalue weighted by atomic mass is 16.3. The summed E-state index contributed by atoms with van der Waals surface area (Å²) in [5.74, 6) is 0. The van der Waals surface area contributed by atoms with E-state index in [0.29, 0.717) is 6.42 Å². The molecule has 2 aromatic rings. The third kappa shape index (κ3) is 4.11. The smallest absolute Gasteiger partial charge is 0.315 e. The number of nitrogens with one attached hydrogen (secondary N) is 2. The molecular weight excluding hydrogens is 288 g/mol. The topological polar surface area (TPSA) is 61.4 Å². The molecule has 0 fully saturated rings. The first-order valence-electron chi connectivity index (χ1n) is 8.06. The number of aryl methyl sites for hydroxylation is 1. The Morgan fingerprint density at radius 2 is 1.87 bits per heavy atom. The van der Waals surface area contributed by atoms with Crippen molar-refractivity contribution in [3.8, 4) is 0 Å². The second-order valence-corrected chi connectivity index (χ2v) is 5.99. The van der Waals surface area contributed by atoms with Gasteiger partial charge in [-0.15, -0.1) is 0 Å². The summed E-state index contributed by atoms with van der Waals surface area (Å²) in [6.45, 7) is 0.245. The first-order chi connectivity index (χ1) is 11.2. The molecule has 2 atom stereocenters. The van der Waals surface area contributed by atoms with Crippen LogP contribution in [-0.2, 0) is 12.8 Å². The molecule has 2 aromatic carbocycles. The zero-order valence-electron chi connectivity index (χ0n) is 13.0. The van der Waals surface area contributed by atoms with Crippen LogP contribution in [0.15, 0.2) is 54.6 Å². The fraction of sp³-hybridized carbons (Fsp3) is 0.316. The Hall–Kier alpha value is -2.33. The van der Waals surface area contributed by atoms with Gasteiger partial charge in [-0.1, -0.05) is 54.6 Å². The zero-order chi connectivity index (χ0) is 16.1. The Labute approximate surface area is 136 Å². The fourth-order valence-electron chi connectivity index (χ4n) is 3.09. The zero-order valence-corrected chi connectivity index (χ0v) is 13.0. The minimum atomic E-state index is -0.584. The predicted molar refractivity (Wildman–Crippen MR) is 90.2 cm³/mol. The van der Waals surface area contributed by atoms with Crippen molar-refractivity contribution in [1.82, 2.24) is 10.6 Å². The Bertz CT molecular complexity index is 657. The third-order valence-corrected chi connectivity index (χ3v) is 4.25. The predicted octanol–water partition coefficient (Wildman–Crippen LogP) is 2.58. The van der Waals surface area contributed by atoms with E-state index in [-0.39, 0.29) is 18.6 Å². The summed E-state index contributed by atoms with van der Waals surface area (Å²) in [6, 6.07) is 17.8. The van der Waals surface area contributed by atoms with Crippen LogP contribution in [0, 0.1) is 0 Å². The lowest BCUT2D eigenvalue weighted by atomic mass is 10.1. The lowest BCUT2D eigenvalue weighted by molar-refractivity contribution is 0.170. The Morgan fingerprint density at radius 1 is 1.13 bits per heavy atom. The molecule has 2 amide bonds. The highest BCUT2D eigenvalue weighted by Gasteiger charge is 2.23. The molecule has 1 aliphatic carbocycles. The van der Waals surface area contributed by atoms with Gasteiger partial charge in [-0.3, -0.25) is 0 Å². The van der Waals surface area contributed by atoms with Crippen LogP contribution in [0.3, 0.4) is 0 Å². The van der Waals surface area contributed by atoms with Crippen molar-refractivity contribution in [1.29, 1.82) is 0 Å². The lowest BCUT2D eigenvalue weighted by Gasteiger charge is -2.16. The summed E-state index contributed by atoms with van der Waals surface area (Å²) in [7, 11) is 0. The average Bonchev–Trinajstić information content (AvgIpc) is 2.97. The minimum Gasteiger partial charge on any atom is -0.391 e. The van der Waals surface area contributed by atoms with Crippen molar-refractivity contribution in [2.24, 2.45) is 0 Å². The van der Waals surface area contributed by atoms with Crippen LogP contribution in [-0.4, -0.2) is 23.8 Å². The molecule has 0 aliphatic heterocycles. The molecule has 2 unspecified atom stereocenters. The molecule has 3 rings (SSSR count). The number of amides is 2. The van der Waals surface area contributed by atoms with Crippen LogP contribution in [0.1, 0.15) is 29.2 Å². The molecule has 0 heterocycles. The molecule has 0 bridgehead atoms. The minimum absolute atomic E-state index is 0.0671. The SMILES string of the molecule is O=C(NCC(O)Cc1ccccc1)NC1CCc2ccccc21. The average molecular weight is 310 g/mol. The van der Waals surface area contributed by atoms with E-state index in [9.17, 15) is 9.90 Å². The van der Waals surface area contributed by atoms with Gasteiger partial charge in [0.25, 0.3) is 0 Å². The summed E-state index contributed by atoms with van der Waals surface area (Å²) in [5, 5.41) is 15.8. The van der Waals surface area contributed by atoms with E-state index in [4.69, 9.17) is 0 Å². The molecule has 0 spiro atoms. The van der Waals surface area contributed by atoms with Crippen molar-refractivity contribution < 1.29 is 9.90 Å². The van der Waals surface area contributed by atoms with Gasteiger partial charge < -0.3 is 15.7 Å². The van der Waals surface area contributed by atoms with E-state index in [1.807, 2.05) is 42.5 Å². The van der Waals surface area contributed by atoms with Gasteiger partial charge in [-0.05, 0) is 29.5 Å². The largest absolute Gasteiger partial charge is 0.391 e. The van der Waals surface area contributed by atoms with E-state index in [0.717, 1.165) is 18.4 Å². The van der Waals surface area contributed by atoms with Crippen molar-refractivity contribution in [2.75, 3.05) is 6.54 Å². The van der Waals surface area contributed by atoms with Crippen LogP contribution in [0.25, 0.3) is 0 Å². The number of aliphatic hydroxyl groups is 1. The number of benzene rings is 2. The molecule has 0 radical (unpaired) electrons. The fourth-order valence-corrected chi connectivity index (χ4v) is 3.09. The van der Waals surface area contributed by atoms with Gasteiger partial charge in [0.15, 0.2) is 0 Å². The number of fused-ring (bicyclic) bond motifs is 1. The number of hydrogen-bond acceptors (Lipinski definition) is 2. The molecule has 3 N–H and O–H groups in total. The van der Waals surface area contributed by atoms with Gasteiger partial charge in [0.1, 0.15) is 0 Å². The molecule has 1 aliphatic rings. The third-order valence-electron chi connectivity index (χ3n) is 4.25. The Kier molecular flexibility index (Phi) is 4.93. The number of urea groups is 1. The van der Waals surface area contributed by atoms with Gasteiger partial charge in [0, 0.05) is 13.0 Å². The molecular formula is C19H22N2O2. The summed E-state index contributed by atoms with van der Waals surface area (Å²) in [5.41, 5.74) is 3.57. The number of carbonyl (C=O) groups is 1. The standard InChI is InChI=1S/C19H22N2O2/c22-16(12-14-6-2-1-3-7-14)13-20-19(23)21-18-11-10-15-8-4-5-9-17(15)18/h1-9,16,18,22H,10-13H2,(H2,20,21,23). The Balaban J connectivity index is 1.45. The van der Waals surface area contributed by atoms with Crippen LogP contribution >= 0.6 is 0 Å². The van der Waals surface area contributed by atoms with Crippen LogP contribution < -0.4 is 10.6 Å². The van der Waals surface area contributed by atoms with Crippen molar-refractivity contribution in [3.63, 3.8) is 0 Å². The molecule has 4 nitrogen and oxygen atoms in total. The van der Waals surface area contributed by atoms with Gasteiger partial charge in [-0.25, -0.2) is 4.79 Å². The van der Waals surface area contributed by atoms with E-state index in [1.165, 1.54) is 11.1 Å². The summed E-state index contributed by atoms with van der Waals surface area (Å²) < 4.78 is 0. The van der Waals surface area contributed by atoms with Crippen LogP contribution in [0.4, 0.5) is 4.79 Å². The van der Waals surface area contributed by atoms with Gasteiger partial charge >= 0.3 is 6.03 Å². The van der Waals surface area contributed by atoms with E-state index in [2.05, 4.69) is 22.8 Å². The maximum absolute atomic E-state index is 12.0. The summed E-state index contributed by atoms with van der Waals surface area (Å²) in [6.07, 6.45) is 1.88. The molecule has 4 heteroatoms. The van der Waals surface area contributed by atoms with E-state index >= 15 is 0 Å². The number of carbonyl (C=O) groups excluding carboxylic acids is 1. The monoisotopic (exact) mass is 310 g/mol. The molecule has 0 saturated carbocycles. The van der Waals surface area contributed by atoms with Crippen LogP contribution in [0.2, 0.25) is 0 Å². The first kappa shape index (κ1) is 15.6. The molecule has 0 aromatic heterocycles. The van der Waals surface area contributed by atoms with Crippen molar-refractivity contribution >= 4 is 6.03 Å². The summed E-state index contributed by atoms with van der Waals surface area (Å²) >= 11 is 0.